The Kier molecular flexibility index (Phi) is 7.63. The fourth-order valence-electron chi connectivity index (χ4n) is 3.63. The number of amides is 1. The van der Waals surface area contributed by atoms with Crippen LogP contribution in [0.4, 0.5) is 10.1 Å². The second-order valence-electron chi connectivity index (χ2n) is 7.31. The zero-order valence-electron chi connectivity index (χ0n) is 15.9. The van der Waals surface area contributed by atoms with Crippen molar-refractivity contribution in [3.05, 3.63) is 71.0 Å². The van der Waals surface area contributed by atoms with Crippen LogP contribution in [0.15, 0.2) is 59.6 Å². The van der Waals surface area contributed by atoms with Gasteiger partial charge in [-0.25, -0.2) is 4.39 Å². The molecule has 148 valence electrons. The first kappa shape index (κ1) is 20.6. The number of hydrogen-bond acceptors (Lipinski definition) is 2. The third-order valence-electron chi connectivity index (χ3n) is 5.03. The number of carbonyl (C=O) groups excluding carboxylic acids is 1. The summed E-state index contributed by atoms with van der Waals surface area (Å²) >= 11 is 6.45. The molecule has 1 atom stereocenters. The molecule has 0 aliphatic carbocycles. The van der Waals surface area contributed by atoms with Crippen LogP contribution in [0.2, 0.25) is 0 Å². The summed E-state index contributed by atoms with van der Waals surface area (Å²) in [6.07, 6.45) is 5.43. The van der Waals surface area contributed by atoms with Gasteiger partial charge in [0.2, 0.25) is 5.91 Å². The smallest absolute Gasteiger partial charge is 0.224 e. The third-order valence-corrected chi connectivity index (χ3v) is 5.26. The molecule has 0 radical (unpaired) electrons. The number of hydrogen-bond donors (Lipinski definition) is 1. The molecule has 3 rings (SSSR count). The number of likely N-dealkylation sites (tertiary alicyclic amines) is 1. The SMILES string of the molecule is O=C(CC[C@H]1CCCN(C/C(Cl)=C/c2ccccc2)C1)Nc1ccccc1F. The number of rotatable bonds is 7. The van der Waals surface area contributed by atoms with Gasteiger partial charge in [-0.15, -0.1) is 0 Å². The minimum atomic E-state index is -0.403. The van der Waals surface area contributed by atoms with Crippen molar-refractivity contribution in [2.24, 2.45) is 5.92 Å². The Labute approximate surface area is 171 Å². The number of nitrogens with one attached hydrogen (secondary N) is 1. The number of piperidine rings is 1. The molecule has 3 nitrogen and oxygen atoms in total. The Balaban J connectivity index is 1.45. The van der Waals surface area contributed by atoms with Gasteiger partial charge in [-0.2, -0.15) is 0 Å². The number of carbonyl (C=O) groups is 1. The predicted octanol–water partition coefficient (Wildman–Crippen LogP) is 5.54. The second kappa shape index (κ2) is 10.4. The lowest BCUT2D eigenvalue weighted by molar-refractivity contribution is -0.116. The van der Waals surface area contributed by atoms with Crippen LogP contribution in [-0.4, -0.2) is 30.4 Å². The molecule has 0 bridgehead atoms. The summed E-state index contributed by atoms with van der Waals surface area (Å²) in [6, 6.07) is 16.3. The van der Waals surface area contributed by atoms with Crippen LogP contribution in [0.3, 0.4) is 0 Å². The van der Waals surface area contributed by atoms with E-state index in [0.717, 1.165) is 49.5 Å². The summed E-state index contributed by atoms with van der Waals surface area (Å²) in [5, 5.41) is 3.49. The van der Waals surface area contributed by atoms with Crippen LogP contribution in [0.5, 0.6) is 0 Å². The Bertz CT molecular complexity index is 809. The Morgan fingerprint density at radius 1 is 1.18 bits per heavy atom. The van der Waals surface area contributed by atoms with E-state index in [9.17, 15) is 9.18 Å². The van der Waals surface area contributed by atoms with Gasteiger partial charge in [0.1, 0.15) is 5.82 Å². The predicted molar refractivity (Wildman–Crippen MR) is 114 cm³/mol. The normalized spacial score (nSPS) is 18.1. The zero-order chi connectivity index (χ0) is 19.8. The van der Waals surface area contributed by atoms with Gasteiger partial charge >= 0.3 is 0 Å². The van der Waals surface area contributed by atoms with E-state index >= 15 is 0 Å². The van der Waals surface area contributed by atoms with Crippen molar-refractivity contribution in [2.75, 3.05) is 25.0 Å². The maximum atomic E-state index is 13.6. The van der Waals surface area contributed by atoms with E-state index in [1.165, 1.54) is 6.07 Å². The van der Waals surface area contributed by atoms with Gasteiger partial charge in [0, 0.05) is 24.5 Å². The number of para-hydroxylation sites is 1. The highest BCUT2D eigenvalue weighted by Gasteiger charge is 2.21. The third kappa shape index (κ3) is 6.47. The molecule has 28 heavy (non-hydrogen) atoms. The molecule has 2 aromatic rings. The topological polar surface area (TPSA) is 32.3 Å². The van der Waals surface area contributed by atoms with Crippen molar-refractivity contribution in [1.29, 1.82) is 0 Å². The van der Waals surface area contributed by atoms with E-state index in [-0.39, 0.29) is 11.6 Å². The highest BCUT2D eigenvalue weighted by Crippen LogP contribution is 2.23. The summed E-state index contributed by atoms with van der Waals surface area (Å²) in [5.41, 5.74) is 1.35. The van der Waals surface area contributed by atoms with Crippen LogP contribution in [0.1, 0.15) is 31.2 Å². The van der Waals surface area contributed by atoms with Crippen molar-refractivity contribution in [3.63, 3.8) is 0 Å². The van der Waals surface area contributed by atoms with E-state index in [1.54, 1.807) is 18.2 Å². The first-order chi connectivity index (χ1) is 13.6. The molecular formula is C23H26ClFN2O. The van der Waals surface area contributed by atoms with Crippen molar-refractivity contribution >= 4 is 29.3 Å². The van der Waals surface area contributed by atoms with Crippen molar-refractivity contribution in [2.45, 2.75) is 25.7 Å². The fraction of sp³-hybridized carbons (Fsp3) is 0.348. The fourth-order valence-corrected chi connectivity index (χ4v) is 3.93. The molecule has 0 aromatic heterocycles. The molecular weight excluding hydrogens is 375 g/mol. The standard InChI is InChI=1S/C23H26ClFN2O/c24-20(15-18-7-2-1-3-8-18)17-27-14-6-9-19(16-27)12-13-23(28)26-22-11-5-4-10-21(22)25/h1-5,7-8,10-11,15,19H,6,9,12-14,16-17H2,(H,26,28)/b20-15-/t19-/m1/s1. The Morgan fingerprint density at radius 3 is 2.71 bits per heavy atom. The first-order valence-corrected chi connectivity index (χ1v) is 10.2. The molecule has 0 unspecified atom stereocenters. The van der Waals surface area contributed by atoms with Crippen molar-refractivity contribution < 1.29 is 9.18 Å². The molecule has 1 fully saturated rings. The molecule has 1 amide bonds. The van der Waals surface area contributed by atoms with Crippen molar-refractivity contribution in [1.82, 2.24) is 4.90 Å². The monoisotopic (exact) mass is 400 g/mol. The maximum absolute atomic E-state index is 13.6. The molecule has 2 aromatic carbocycles. The summed E-state index contributed by atoms with van der Waals surface area (Å²) in [7, 11) is 0. The lowest BCUT2D eigenvalue weighted by Crippen LogP contribution is -2.36. The lowest BCUT2D eigenvalue weighted by atomic mass is 9.93. The number of nitrogens with zero attached hydrogens (tertiary/aromatic N) is 1. The van der Waals surface area contributed by atoms with Crippen LogP contribution in [-0.2, 0) is 4.79 Å². The summed E-state index contributed by atoms with van der Waals surface area (Å²) in [6.45, 7) is 2.69. The van der Waals surface area contributed by atoms with Gasteiger partial charge in [0.05, 0.1) is 5.69 Å². The van der Waals surface area contributed by atoms with Crippen LogP contribution >= 0.6 is 11.6 Å². The van der Waals surface area contributed by atoms with E-state index in [2.05, 4.69) is 10.2 Å². The maximum Gasteiger partial charge on any atom is 0.224 e. The zero-order valence-corrected chi connectivity index (χ0v) is 16.7. The van der Waals surface area contributed by atoms with E-state index in [1.807, 2.05) is 36.4 Å². The first-order valence-electron chi connectivity index (χ1n) is 9.78. The number of benzene rings is 2. The quantitative estimate of drug-likeness (QED) is 0.662. The molecule has 0 spiro atoms. The largest absolute Gasteiger partial charge is 0.324 e. The van der Waals surface area contributed by atoms with E-state index in [4.69, 9.17) is 11.6 Å². The van der Waals surface area contributed by atoms with Crippen LogP contribution in [0.25, 0.3) is 6.08 Å². The number of halogens is 2. The van der Waals surface area contributed by atoms with Crippen LogP contribution < -0.4 is 5.32 Å². The molecule has 1 saturated heterocycles. The number of anilines is 1. The molecule has 1 aliphatic rings. The summed E-state index contributed by atoms with van der Waals surface area (Å²) in [5.74, 6) is -0.0786. The summed E-state index contributed by atoms with van der Waals surface area (Å²) in [4.78, 5) is 14.5. The Hall–Kier alpha value is -2.17. The minimum Gasteiger partial charge on any atom is -0.324 e. The molecule has 1 N–H and O–H groups in total. The minimum absolute atomic E-state index is 0.135. The van der Waals surface area contributed by atoms with Crippen LogP contribution in [0, 0.1) is 11.7 Å². The highest BCUT2D eigenvalue weighted by molar-refractivity contribution is 6.31. The van der Waals surface area contributed by atoms with E-state index in [0.29, 0.717) is 12.3 Å². The van der Waals surface area contributed by atoms with Gasteiger partial charge in [-0.05, 0) is 55.5 Å². The summed E-state index contributed by atoms with van der Waals surface area (Å²) < 4.78 is 13.6. The average Bonchev–Trinajstić information content (AvgIpc) is 2.69. The Morgan fingerprint density at radius 2 is 1.93 bits per heavy atom. The highest BCUT2D eigenvalue weighted by atomic mass is 35.5. The molecule has 1 aliphatic heterocycles. The molecule has 0 saturated carbocycles. The molecule has 5 heteroatoms. The van der Waals surface area contributed by atoms with Gasteiger partial charge < -0.3 is 5.32 Å². The lowest BCUT2D eigenvalue weighted by Gasteiger charge is -2.32. The second-order valence-corrected chi connectivity index (χ2v) is 7.80. The average molecular weight is 401 g/mol. The van der Waals surface area contributed by atoms with E-state index < -0.39 is 5.82 Å². The van der Waals surface area contributed by atoms with Gasteiger partial charge in [-0.1, -0.05) is 54.1 Å². The van der Waals surface area contributed by atoms with Gasteiger partial charge in [0.25, 0.3) is 0 Å². The van der Waals surface area contributed by atoms with Gasteiger partial charge in [-0.3, -0.25) is 9.69 Å². The van der Waals surface area contributed by atoms with Gasteiger partial charge in [0.15, 0.2) is 0 Å². The molecule has 1 heterocycles. The van der Waals surface area contributed by atoms with Crippen molar-refractivity contribution in [3.8, 4) is 0 Å².